The van der Waals surface area contributed by atoms with E-state index in [1.54, 1.807) is 12.1 Å². The molecule has 1 N–H and O–H groups in total. The molecule has 0 fully saturated rings. The van der Waals surface area contributed by atoms with E-state index in [9.17, 15) is 5.11 Å². The number of hydrogen-bond donors (Lipinski definition) is 1. The molecular formula is C14H19NO. The van der Waals surface area contributed by atoms with Crippen LogP contribution in [0.1, 0.15) is 11.1 Å². The SMILES string of the molecule is C=CCN(CC=C)c1c(C)cc(O)cc1C. The Labute approximate surface area is 97.5 Å². The van der Waals surface area contributed by atoms with Gasteiger partial charge in [-0.1, -0.05) is 12.2 Å². The summed E-state index contributed by atoms with van der Waals surface area (Å²) in [7, 11) is 0. The number of benzene rings is 1. The summed E-state index contributed by atoms with van der Waals surface area (Å²) in [6.07, 6.45) is 3.74. The molecule has 0 radical (unpaired) electrons. The van der Waals surface area contributed by atoms with E-state index in [0.29, 0.717) is 5.75 Å². The van der Waals surface area contributed by atoms with Gasteiger partial charge in [-0.25, -0.2) is 0 Å². The van der Waals surface area contributed by atoms with E-state index in [1.807, 2.05) is 26.0 Å². The highest BCUT2D eigenvalue weighted by Crippen LogP contribution is 2.28. The van der Waals surface area contributed by atoms with Crippen LogP contribution in [0.4, 0.5) is 5.69 Å². The third-order valence-corrected chi connectivity index (χ3v) is 2.49. The maximum absolute atomic E-state index is 9.50. The molecule has 0 heterocycles. The Kier molecular flexibility index (Phi) is 4.18. The van der Waals surface area contributed by atoms with E-state index < -0.39 is 0 Å². The third-order valence-electron chi connectivity index (χ3n) is 2.49. The van der Waals surface area contributed by atoms with Gasteiger partial charge in [-0.2, -0.15) is 0 Å². The molecular weight excluding hydrogens is 198 g/mol. The molecule has 0 bridgehead atoms. The van der Waals surface area contributed by atoms with Gasteiger partial charge in [0, 0.05) is 18.8 Å². The fourth-order valence-corrected chi connectivity index (χ4v) is 2.00. The first-order valence-electron chi connectivity index (χ1n) is 5.37. The normalized spacial score (nSPS) is 9.88. The molecule has 0 unspecified atom stereocenters. The van der Waals surface area contributed by atoms with Crippen LogP contribution in [0.2, 0.25) is 0 Å². The lowest BCUT2D eigenvalue weighted by molar-refractivity contribution is 0.474. The number of aryl methyl sites for hydroxylation is 2. The number of anilines is 1. The minimum absolute atomic E-state index is 0.316. The van der Waals surface area contributed by atoms with Gasteiger partial charge in [0.2, 0.25) is 0 Å². The van der Waals surface area contributed by atoms with Gasteiger partial charge in [-0.05, 0) is 37.1 Å². The Morgan fingerprint density at radius 2 is 1.56 bits per heavy atom. The van der Waals surface area contributed by atoms with Crippen molar-refractivity contribution in [3.8, 4) is 5.75 Å². The highest BCUT2D eigenvalue weighted by atomic mass is 16.3. The van der Waals surface area contributed by atoms with Crippen molar-refractivity contribution in [2.75, 3.05) is 18.0 Å². The van der Waals surface area contributed by atoms with Crippen LogP contribution >= 0.6 is 0 Å². The molecule has 0 amide bonds. The summed E-state index contributed by atoms with van der Waals surface area (Å²) in [5.74, 6) is 0.316. The van der Waals surface area contributed by atoms with Crippen LogP contribution in [-0.4, -0.2) is 18.2 Å². The number of hydrogen-bond acceptors (Lipinski definition) is 2. The van der Waals surface area contributed by atoms with E-state index in [2.05, 4.69) is 18.1 Å². The quantitative estimate of drug-likeness (QED) is 0.766. The summed E-state index contributed by atoms with van der Waals surface area (Å²) in [6.45, 7) is 13.1. The van der Waals surface area contributed by atoms with Gasteiger partial charge in [0.05, 0.1) is 0 Å². The van der Waals surface area contributed by atoms with Crippen molar-refractivity contribution in [1.29, 1.82) is 0 Å². The maximum Gasteiger partial charge on any atom is 0.116 e. The van der Waals surface area contributed by atoms with Gasteiger partial charge < -0.3 is 10.0 Å². The van der Waals surface area contributed by atoms with Gasteiger partial charge in [-0.3, -0.25) is 0 Å². The highest BCUT2D eigenvalue weighted by molar-refractivity contribution is 5.62. The summed E-state index contributed by atoms with van der Waals surface area (Å²) in [5, 5.41) is 9.50. The van der Waals surface area contributed by atoms with Crippen molar-refractivity contribution in [3.63, 3.8) is 0 Å². The molecule has 1 aromatic rings. The largest absolute Gasteiger partial charge is 0.508 e. The number of phenolic OH excluding ortho intramolecular Hbond substituents is 1. The standard InChI is InChI=1S/C14H19NO/c1-5-7-15(8-6-2)14-11(3)9-13(16)10-12(14)4/h5-6,9-10,16H,1-2,7-8H2,3-4H3. The Bertz CT molecular complexity index is 363. The smallest absolute Gasteiger partial charge is 0.116 e. The van der Waals surface area contributed by atoms with Crippen LogP contribution in [0, 0.1) is 13.8 Å². The fraction of sp³-hybridized carbons (Fsp3) is 0.286. The van der Waals surface area contributed by atoms with Crippen molar-refractivity contribution < 1.29 is 5.11 Å². The average Bonchev–Trinajstić information content (AvgIpc) is 2.16. The molecule has 0 atom stereocenters. The van der Waals surface area contributed by atoms with Crippen molar-refractivity contribution in [2.24, 2.45) is 0 Å². The van der Waals surface area contributed by atoms with E-state index in [-0.39, 0.29) is 0 Å². The maximum atomic E-state index is 9.50. The Hall–Kier alpha value is -1.70. The average molecular weight is 217 g/mol. The van der Waals surface area contributed by atoms with Crippen LogP contribution in [0.3, 0.4) is 0 Å². The summed E-state index contributed by atoms with van der Waals surface area (Å²) < 4.78 is 0. The molecule has 0 aliphatic heterocycles. The van der Waals surface area contributed by atoms with Crippen molar-refractivity contribution in [3.05, 3.63) is 48.6 Å². The second-order valence-electron chi connectivity index (χ2n) is 3.91. The summed E-state index contributed by atoms with van der Waals surface area (Å²) in [4.78, 5) is 2.18. The van der Waals surface area contributed by atoms with E-state index in [0.717, 1.165) is 29.9 Å². The predicted molar refractivity (Wildman–Crippen MR) is 70.2 cm³/mol. The van der Waals surface area contributed by atoms with Gasteiger partial charge >= 0.3 is 0 Å². The summed E-state index contributed by atoms with van der Waals surface area (Å²) >= 11 is 0. The minimum Gasteiger partial charge on any atom is -0.508 e. The molecule has 0 spiro atoms. The van der Waals surface area contributed by atoms with Crippen LogP contribution in [-0.2, 0) is 0 Å². The van der Waals surface area contributed by atoms with Crippen LogP contribution in [0.5, 0.6) is 5.75 Å². The molecule has 2 heteroatoms. The molecule has 16 heavy (non-hydrogen) atoms. The lowest BCUT2D eigenvalue weighted by Gasteiger charge is -2.25. The molecule has 1 rings (SSSR count). The third kappa shape index (κ3) is 2.66. The Balaban J connectivity index is 3.16. The molecule has 0 aliphatic carbocycles. The van der Waals surface area contributed by atoms with Crippen LogP contribution in [0.15, 0.2) is 37.4 Å². The predicted octanol–water partition coefficient (Wildman–Crippen LogP) is 3.19. The summed E-state index contributed by atoms with van der Waals surface area (Å²) in [5.41, 5.74) is 3.29. The van der Waals surface area contributed by atoms with E-state index >= 15 is 0 Å². The first-order valence-corrected chi connectivity index (χ1v) is 5.37. The topological polar surface area (TPSA) is 23.5 Å². The van der Waals surface area contributed by atoms with Crippen molar-refractivity contribution >= 4 is 5.69 Å². The van der Waals surface area contributed by atoms with Gasteiger partial charge in [0.1, 0.15) is 5.75 Å². The Morgan fingerprint density at radius 3 is 1.94 bits per heavy atom. The van der Waals surface area contributed by atoms with Crippen molar-refractivity contribution in [1.82, 2.24) is 0 Å². The number of rotatable bonds is 5. The lowest BCUT2D eigenvalue weighted by Crippen LogP contribution is -2.24. The Morgan fingerprint density at radius 1 is 1.12 bits per heavy atom. The first-order chi connectivity index (χ1) is 7.60. The molecule has 0 aliphatic rings. The fourth-order valence-electron chi connectivity index (χ4n) is 2.00. The van der Waals surface area contributed by atoms with E-state index in [1.165, 1.54) is 0 Å². The lowest BCUT2D eigenvalue weighted by atomic mass is 10.1. The molecule has 2 nitrogen and oxygen atoms in total. The monoisotopic (exact) mass is 217 g/mol. The zero-order valence-electron chi connectivity index (χ0n) is 10.0. The second kappa shape index (κ2) is 5.40. The van der Waals surface area contributed by atoms with Gasteiger partial charge in [0.25, 0.3) is 0 Å². The number of aromatic hydroxyl groups is 1. The zero-order chi connectivity index (χ0) is 12.1. The number of phenols is 1. The van der Waals surface area contributed by atoms with Crippen LogP contribution < -0.4 is 4.90 Å². The van der Waals surface area contributed by atoms with Crippen LogP contribution in [0.25, 0.3) is 0 Å². The first kappa shape index (κ1) is 12.4. The van der Waals surface area contributed by atoms with Crippen molar-refractivity contribution in [2.45, 2.75) is 13.8 Å². The molecule has 0 saturated heterocycles. The molecule has 1 aromatic carbocycles. The summed E-state index contributed by atoms with van der Waals surface area (Å²) in [6, 6.07) is 3.56. The van der Waals surface area contributed by atoms with E-state index in [4.69, 9.17) is 0 Å². The molecule has 0 saturated carbocycles. The molecule has 0 aromatic heterocycles. The zero-order valence-corrected chi connectivity index (χ0v) is 10.0. The molecule has 86 valence electrons. The number of nitrogens with zero attached hydrogens (tertiary/aromatic N) is 1. The highest BCUT2D eigenvalue weighted by Gasteiger charge is 2.10. The van der Waals surface area contributed by atoms with Gasteiger partial charge in [0.15, 0.2) is 0 Å². The van der Waals surface area contributed by atoms with Gasteiger partial charge in [-0.15, -0.1) is 13.2 Å². The minimum atomic E-state index is 0.316. The second-order valence-corrected chi connectivity index (χ2v) is 3.91.